The third-order valence-corrected chi connectivity index (χ3v) is 6.70. The maximum Gasteiger partial charge on any atom is 0.406 e. The Morgan fingerprint density at radius 2 is 1.69 bits per heavy atom. The third-order valence-electron chi connectivity index (χ3n) is 6.70. The Hall–Kier alpha value is -3.43. The summed E-state index contributed by atoms with van der Waals surface area (Å²) in [7, 11) is 1.74. The predicted molar refractivity (Wildman–Crippen MR) is 128 cm³/mol. The molecule has 4 aromatic rings. The Labute approximate surface area is 199 Å². The molecule has 0 unspecified atom stereocenters. The summed E-state index contributed by atoms with van der Waals surface area (Å²) >= 11 is 0. The first-order valence-corrected chi connectivity index (χ1v) is 11.2. The number of fused-ring (bicyclic) bond motifs is 1. The number of halogens is 3. The zero-order valence-electron chi connectivity index (χ0n) is 19.3. The molecule has 0 atom stereocenters. The van der Waals surface area contributed by atoms with Crippen molar-refractivity contribution in [2.24, 2.45) is 12.8 Å². The first-order valence-electron chi connectivity index (χ1n) is 11.2. The molecule has 2 aromatic carbocycles. The van der Waals surface area contributed by atoms with E-state index in [2.05, 4.69) is 4.98 Å². The van der Waals surface area contributed by atoms with Crippen molar-refractivity contribution in [2.75, 3.05) is 0 Å². The molecule has 6 nitrogen and oxygen atoms in total. The molecule has 0 radical (unpaired) electrons. The smallest absolute Gasteiger partial charge is 0.390 e. The molecule has 0 saturated heterocycles. The van der Waals surface area contributed by atoms with Crippen molar-refractivity contribution in [2.45, 2.75) is 43.6 Å². The second-order valence-electron chi connectivity index (χ2n) is 9.72. The monoisotopic (exact) mass is 482 g/mol. The third kappa shape index (κ3) is 4.04. The second kappa shape index (κ2) is 7.79. The second-order valence-corrected chi connectivity index (χ2v) is 9.72. The van der Waals surface area contributed by atoms with Crippen LogP contribution in [0.5, 0.6) is 0 Å². The Morgan fingerprint density at radius 3 is 2.26 bits per heavy atom. The zero-order valence-corrected chi connectivity index (χ0v) is 19.3. The van der Waals surface area contributed by atoms with Crippen LogP contribution in [0.4, 0.5) is 13.2 Å². The molecule has 0 aliphatic heterocycles. The van der Waals surface area contributed by atoms with Crippen LogP contribution in [0.3, 0.4) is 0 Å². The average Bonchev–Trinajstić information content (AvgIpc) is 3.07. The molecular weight excluding hydrogens is 457 g/mol. The van der Waals surface area contributed by atoms with Gasteiger partial charge in [0.1, 0.15) is 18.5 Å². The molecule has 35 heavy (non-hydrogen) atoms. The summed E-state index contributed by atoms with van der Waals surface area (Å²) < 4.78 is 41.6. The summed E-state index contributed by atoms with van der Waals surface area (Å²) in [5, 5.41) is 10.3. The van der Waals surface area contributed by atoms with Gasteiger partial charge in [-0.15, -0.1) is 0 Å². The molecule has 1 saturated carbocycles. The van der Waals surface area contributed by atoms with Crippen LogP contribution in [0.15, 0.2) is 65.7 Å². The highest BCUT2D eigenvalue weighted by Crippen LogP contribution is 2.47. The van der Waals surface area contributed by atoms with E-state index >= 15 is 0 Å². The molecule has 5 rings (SSSR count). The van der Waals surface area contributed by atoms with Crippen molar-refractivity contribution in [1.82, 2.24) is 14.1 Å². The van der Waals surface area contributed by atoms with Gasteiger partial charge in [0.05, 0.1) is 16.7 Å². The normalized spacial score (nSPS) is 22.4. The van der Waals surface area contributed by atoms with E-state index in [9.17, 15) is 23.1 Å². The van der Waals surface area contributed by atoms with Crippen LogP contribution in [0.25, 0.3) is 33.4 Å². The van der Waals surface area contributed by atoms with Gasteiger partial charge in [-0.25, -0.2) is 4.98 Å². The molecule has 0 spiro atoms. The number of nitrogens with two attached hydrogens (primary N) is 1. The SMILES string of the molecule is Cn1c(-c2ccc([C@]3(N)C[C@@](C)(O)C3)cc2)c(-c2ccccc2)c2c(=O)n(CC(F)(F)F)cnc21. The maximum absolute atomic E-state index is 13.3. The largest absolute Gasteiger partial charge is 0.406 e. The van der Waals surface area contributed by atoms with E-state index in [1.54, 1.807) is 18.5 Å². The molecule has 9 heteroatoms. The maximum atomic E-state index is 13.3. The first-order chi connectivity index (χ1) is 16.4. The van der Waals surface area contributed by atoms with Crippen molar-refractivity contribution in [3.63, 3.8) is 0 Å². The Bertz CT molecular complexity index is 1460. The van der Waals surface area contributed by atoms with Gasteiger partial charge < -0.3 is 15.4 Å². The molecule has 1 fully saturated rings. The van der Waals surface area contributed by atoms with Gasteiger partial charge in [-0.1, -0.05) is 54.6 Å². The van der Waals surface area contributed by atoms with E-state index in [1.165, 1.54) is 0 Å². The Morgan fingerprint density at radius 1 is 1.06 bits per heavy atom. The summed E-state index contributed by atoms with van der Waals surface area (Å²) in [5.41, 5.74) is 8.18. The van der Waals surface area contributed by atoms with Crippen LogP contribution in [-0.4, -0.2) is 31.0 Å². The van der Waals surface area contributed by atoms with Crippen molar-refractivity contribution in [1.29, 1.82) is 0 Å². The fourth-order valence-corrected chi connectivity index (χ4v) is 5.35. The van der Waals surface area contributed by atoms with Gasteiger partial charge in [-0.3, -0.25) is 9.36 Å². The lowest BCUT2D eigenvalue weighted by Crippen LogP contribution is -2.58. The van der Waals surface area contributed by atoms with Gasteiger partial charge in [0.25, 0.3) is 5.56 Å². The summed E-state index contributed by atoms with van der Waals surface area (Å²) in [6.45, 7) is 0.344. The van der Waals surface area contributed by atoms with E-state index in [4.69, 9.17) is 5.73 Å². The van der Waals surface area contributed by atoms with Gasteiger partial charge in [-0.2, -0.15) is 13.2 Å². The van der Waals surface area contributed by atoms with Gasteiger partial charge in [0.2, 0.25) is 0 Å². The minimum atomic E-state index is -4.55. The van der Waals surface area contributed by atoms with E-state index < -0.39 is 29.4 Å². The lowest BCUT2D eigenvalue weighted by atomic mass is 9.63. The number of rotatable bonds is 4. The van der Waals surface area contributed by atoms with Gasteiger partial charge in [0.15, 0.2) is 0 Å². The quantitative estimate of drug-likeness (QED) is 0.453. The molecular formula is C26H25F3N4O2. The van der Waals surface area contributed by atoms with Crippen molar-refractivity contribution < 1.29 is 18.3 Å². The van der Waals surface area contributed by atoms with E-state index in [1.807, 2.05) is 54.6 Å². The van der Waals surface area contributed by atoms with Gasteiger partial charge in [-0.05, 0) is 36.5 Å². The zero-order chi connectivity index (χ0) is 25.2. The standard InChI is InChI=1S/C26H25F3N4O2/c1-24(35)12-25(30,13-24)18-10-8-17(9-11-18)21-19(16-6-4-3-5-7-16)20-22(32(21)2)31-15-33(23(20)34)14-26(27,28)29/h3-11,15,35H,12-14,30H2,1-2H3/t24-,25+. The topological polar surface area (TPSA) is 86.1 Å². The summed E-state index contributed by atoms with van der Waals surface area (Å²) in [5.74, 6) is 0. The van der Waals surface area contributed by atoms with Gasteiger partial charge in [0, 0.05) is 18.2 Å². The molecule has 1 aliphatic rings. The minimum Gasteiger partial charge on any atom is -0.390 e. The van der Waals surface area contributed by atoms with Crippen molar-refractivity contribution >= 4 is 11.0 Å². The number of hydrogen-bond acceptors (Lipinski definition) is 4. The Balaban J connectivity index is 1.70. The number of alkyl halides is 3. The lowest BCUT2D eigenvalue weighted by molar-refractivity contribution is -0.141. The molecule has 0 bridgehead atoms. The number of aromatic nitrogens is 3. The molecule has 1 aliphatic carbocycles. The van der Waals surface area contributed by atoms with Crippen LogP contribution in [-0.2, 0) is 19.1 Å². The van der Waals surface area contributed by atoms with Crippen LogP contribution in [0, 0.1) is 0 Å². The highest BCUT2D eigenvalue weighted by Gasteiger charge is 2.49. The number of aryl methyl sites for hydroxylation is 1. The van der Waals surface area contributed by atoms with Gasteiger partial charge >= 0.3 is 6.18 Å². The summed E-state index contributed by atoms with van der Waals surface area (Å²) in [6, 6.07) is 16.6. The van der Waals surface area contributed by atoms with E-state index in [0.29, 0.717) is 39.9 Å². The molecule has 2 heterocycles. The fourth-order valence-electron chi connectivity index (χ4n) is 5.35. The van der Waals surface area contributed by atoms with Crippen LogP contribution < -0.4 is 11.3 Å². The Kier molecular flexibility index (Phi) is 5.19. The van der Waals surface area contributed by atoms with E-state index in [0.717, 1.165) is 17.5 Å². The van der Waals surface area contributed by atoms with E-state index in [-0.39, 0.29) is 5.39 Å². The van der Waals surface area contributed by atoms with Crippen molar-refractivity contribution in [3.8, 4) is 22.4 Å². The van der Waals surface area contributed by atoms with Crippen molar-refractivity contribution in [3.05, 3.63) is 76.8 Å². The number of aliphatic hydroxyl groups is 1. The molecule has 3 N–H and O–H groups in total. The highest BCUT2D eigenvalue weighted by molar-refractivity contribution is 6.02. The van der Waals surface area contributed by atoms with Crippen LogP contribution in [0.2, 0.25) is 0 Å². The summed E-state index contributed by atoms with van der Waals surface area (Å²) in [4.78, 5) is 17.5. The lowest BCUT2D eigenvalue weighted by Gasteiger charge is -2.49. The molecule has 0 amide bonds. The minimum absolute atomic E-state index is 0.134. The fraction of sp³-hybridized carbons (Fsp3) is 0.308. The molecule has 182 valence electrons. The summed E-state index contributed by atoms with van der Waals surface area (Å²) in [6.07, 6.45) is -2.71. The number of hydrogen-bond donors (Lipinski definition) is 2. The number of nitrogens with zero attached hydrogens (tertiary/aromatic N) is 3. The predicted octanol–water partition coefficient (Wildman–Crippen LogP) is 4.33. The van der Waals surface area contributed by atoms with Crippen LogP contribution >= 0.6 is 0 Å². The van der Waals surface area contributed by atoms with Crippen LogP contribution in [0.1, 0.15) is 25.3 Å². The average molecular weight is 483 g/mol. The first kappa shape index (κ1) is 23.3. The highest BCUT2D eigenvalue weighted by atomic mass is 19.4. The number of benzene rings is 2. The molecule has 2 aromatic heterocycles.